The maximum atomic E-state index is 12.4. The average molecular weight is 282 g/mol. The summed E-state index contributed by atoms with van der Waals surface area (Å²) in [5, 5.41) is 0.304. The molecule has 0 aliphatic rings. The smallest absolute Gasteiger partial charge is 0.387 e. The number of ether oxygens (including phenoxy) is 2. The SMILES string of the molecule is CCOC(=O)c1cc(OC(F)F)c2cccnc2c1N. The second-order valence-corrected chi connectivity index (χ2v) is 3.83. The number of aromatic nitrogens is 1. The zero-order valence-corrected chi connectivity index (χ0v) is 10.6. The van der Waals surface area contributed by atoms with Crippen LogP contribution in [-0.4, -0.2) is 24.2 Å². The van der Waals surface area contributed by atoms with Crippen LogP contribution in [0.4, 0.5) is 14.5 Å². The third-order valence-corrected chi connectivity index (χ3v) is 2.61. The van der Waals surface area contributed by atoms with Gasteiger partial charge in [0.2, 0.25) is 0 Å². The van der Waals surface area contributed by atoms with Crippen molar-refractivity contribution in [1.82, 2.24) is 4.98 Å². The second kappa shape index (κ2) is 5.68. The first-order valence-electron chi connectivity index (χ1n) is 5.83. The van der Waals surface area contributed by atoms with Crippen molar-refractivity contribution in [3.8, 4) is 5.75 Å². The molecule has 0 aliphatic heterocycles. The van der Waals surface area contributed by atoms with E-state index in [2.05, 4.69) is 9.72 Å². The zero-order chi connectivity index (χ0) is 14.7. The van der Waals surface area contributed by atoms with E-state index < -0.39 is 12.6 Å². The highest BCUT2D eigenvalue weighted by Crippen LogP contribution is 2.33. The molecule has 0 unspecified atom stereocenters. The highest BCUT2D eigenvalue weighted by Gasteiger charge is 2.19. The van der Waals surface area contributed by atoms with Crippen molar-refractivity contribution in [3.63, 3.8) is 0 Å². The maximum Gasteiger partial charge on any atom is 0.387 e. The van der Waals surface area contributed by atoms with E-state index >= 15 is 0 Å². The summed E-state index contributed by atoms with van der Waals surface area (Å²) >= 11 is 0. The highest BCUT2D eigenvalue weighted by molar-refractivity contribution is 6.06. The van der Waals surface area contributed by atoms with Crippen LogP contribution in [0.25, 0.3) is 10.9 Å². The molecular formula is C13H12F2N2O3. The summed E-state index contributed by atoms with van der Waals surface area (Å²) in [5.41, 5.74) is 6.08. The number of hydrogen-bond donors (Lipinski definition) is 1. The molecule has 1 heterocycles. The number of anilines is 1. The number of carbonyl (C=O) groups is 1. The van der Waals surface area contributed by atoms with E-state index in [1.54, 1.807) is 13.0 Å². The van der Waals surface area contributed by atoms with E-state index in [1.807, 2.05) is 0 Å². The van der Waals surface area contributed by atoms with Gasteiger partial charge in [-0.3, -0.25) is 4.98 Å². The molecule has 0 amide bonds. The molecule has 106 valence electrons. The molecule has 0 saturated carbocycles. The van der Waals surface area contributed by atoms with Crippen LogP contribution in [0.1, 0.15) is 17.3 Å². The van der Waals surface area contributed by atoms with Gasteiger partial charge in [-0.05, 0) is 25.1 Å². The fourth-order valence-corrected chi connectivity index (χ4v) is 1.80. The Kier molecular flexibility index (Phi) is 3.97. The number of hydrogen-bond acceptors (Lipinski definition) is 5. The summed E-state index contributed by atoms with van der Waals surface area (Å²) in [5.74, 6) is -0.878. The molecule has 2 N–H and O–H groups in total. The van der Waals surface area contributed by atoms with Crippen molar-refractivity contribution in [1.29, 1.82) is 0 Å². The molecular weight excluding hydrogens is 270 g/mol. The molecule has 0 saturated heterocycles. The van der Waals surface area contributed by atoms with E-state index in [-0.39, 0.29) is 29.1 Å². The summed E-state index contributed by atoms with van der Waals surface area (Å²) in [6, 6.07) is 4.24. The lowest BCUT2D eigenvalue weighted by Crippen LogP contribution is -2.11. The number of nitrogen functional groups attached to an aromatic ring is 1. The minimum absolute atomic E-state index is 0.0475. The van der Waals surface area contributed by atoms with Gasteiger partial charge in [-0.1, -0.05) is 0 Å². The first-order valence-corrected chi connectivity index (χ1v) is 5.83. The number of fused-ring (bicyclic) bond motifs is 1. The summed E-state index contributed by atoms with van der Waals surface area (Å²) in [7, 11) is 0. The van der Waals surface area contributed by atoms with Gasteiger partial charge in [0.05, 0.1) is 23.4 Å². The molecule has 0 aliphatic carbocycles. The van der Waals surface area contributed by atoms with Crippen LogP contribution in [0.5, 0.6) is 5.75 Å². The van der Waals surface area contributed by atoms with Gasteiger partial charge < -0.3 is 15.2 Å². The molecule has 1 aromatic heterocycles. The maximum absolute atomic E-state index is 12.4. The topological polar surface area (TPSA) is 74.4 Å². The number of pyridine rings is 1. The van der Waals surface area contributed by atoms with E-state index in [4.69, 9.17) is 10.5 Å². The van der Waals surface area contributed by atoms with E-state index in [0.717, 1.165) is 6.07 Å². The lowest BCUT2D eigenvalue weighted by molar-refractivity contribution is -0.0488. The molecule has 0 atom stereocenters. The van der Waals surface area contributed by atoms with Gasteiger partial charge in [-0.25, -0.2) is 4.79 Å². The number of nitrogens with zero attached hydrogens (tertiary/aromatic N) is 1. The Morgan fingerprint density at radius 3 is 2.90 bits per heavy atom. The van der Waals surface area contributed by atoms with Gasteiger partial charge >= 0.3 is 12.6 Å². The van der Waals surface area contributed by atoms with Crippen LogP contribution >= 0.6 is 0 Å². The average Bonchev–Trinajstić information content (AvgIpc) is 2.42. The minimum atomic E-state index is -3.02. The molecule has 7 heteroatoms. The van der Waals surface area contributed by atoms with Crippen LogP contribution in [0.15, 0.2) is 24.4 Å². The molecule has 20 heavy (non-hydrogen) atoms. The number of esters is 1. The summed E-state index contributed by atoms with van der Waals surface area (Å²) in [4.78, 5) is 15.8. The monoisotopic (exact) mass is 282 g/mol. The third kappa shape index (κ3) is 2.61. The van der Waals surface area contributed by atoms with Gasteiger partial charge in [0.1, 0.15) is 5.75 Å². The molecule has 0 bridgehead atoms. The van der Waals surface area contributed by atoms with Gasteiger partial charge in [0.25, 0.3) is 0 Å². The fourth-order valence-electron chi connectivity index (χ4n) is 1.80. The van der Waals surface area contributed by atoms with Gasteiger partial charge in [-0.15, -0.1) is 0 Å². The Morgan fingerprint density at radius 2 is 2.25 bits per heavy atom. The number of halogens is 2. The van der Waals surface area contributed by atoms with Crippen molar-refractivity contribution in [3.05, 3.63) is 30.0 Å². The second-order valence-electron chi connectivity index (χ2n) is 3.83. The van der Waals surface area contributed by atoms with Crippen LogP contribution in [0.2, 0.25) is 0 Å². The minimum Gasteiger partial charge on any atom is -0.462 e. The predicted octanol–water partition coefficient (Wildman–Crippen LogP) is 2.60. The number of alkyl halides is 2. The van der Waals surface area contributed by atoms with Gasteiger partial charge in [0, 0.05) is 11.6 Å². The lowest BCUT2D eigenvalue weighted by Gasteiger charge is -2.13. The quantitative estimate of drug-likeness (QED) is 0.689. The molecule has 2 rings (SSSR count). The third-order valence-electron chi connectivity index (χ3n) is 2.61. The number of carbonyl (C=O) groups excluding carboxylic acids is 1. The van der Waals surface area contributed by atoms with Crippen molar-refractivity contribution in [2.75, 3.05) is 12.3 Å². The van der Waals surface area contributed by atoms with Crippen molar-refractivity contribution >= 4 is 22.6 Å². The molecule has 1 aromatic carbocycles. The van der Waals surface area contributed by atoms with E-state index in [0.29, 0.717) is 5.39 Å². The van der Waals surface area contributed by atoms with Crippen molar-refractivity contribution in [2.24, 2.45) is 0 Å². The Morgan fingerprint density at radius 1 is 1.50 bits per heavy atom. The van der Waals surface area contributed by atoms with Crippen molar-refractivity contribution < 1.29 is 23.0 Å². The number of nitrogens with two attached hydrogens (primary N) is 1. The molecule has 2 aromatic rings. The Labute approximate surface area is 113 Å². The predicted molar refractivity (Wildman–Crippen MR) is 68.7 cm³/mol. The summed E-state index contributed by atoms with van der Waals surface area (Å²) in [6.45, 7) is -1.25. The fraction of sp³-hybridized carbons (Fsp3) is 0.231. The normalized spacial score (nSPS) is 10.8. The Bertz CT molecular complexity index is 647. The number of benzene rings is 1. The van der Waals surface area contributed by atoms with Crippen LogP contribution in [0, 0.1) is 0 Å². The first-order chi connectivity index (χ1) is 9.54. The van der Waals surface area contributed by atoms with Crippen molar-refractivity contribution in [2.45, 2.75) is 13.5 Å². The number of rotatable bonds is 4. The Hall–Kier alpha value is -2.44. The standard InChI is InChI=1S/C13H12F2N2O3/c1-2-19-12(18)8-6-9(20-13(14)15)7-4-3-5-17-11(7)10(8)16/h3-6,13H,2,16H2,1H3. The molecule has 0 radical (unpaired) electrons. The van der Waals surface area contributed by atoms with Gasteiger partial charge in [0.15, 0.2) is 0 Å². The van der Waals surface area contributed by atoms with E-state index in [9.17, 15) is 13.6 Å². The zero-order valence-electron chi connectivity index (χ0n) is 10.6. The van der Waals surface area contributed by atoms with E-state index in [1.165, 1.54) is 12.3 Å². The lowest BCUT2D eigenvalue weighted by atomic mass is 10.1. The van der Waals surface area contributed by atoms with Crippen LogP contribution in [-0.2, 0) is 4.74 Å². The molecule has 5 nitrogen and oxygen atoms in total. The molecule has 0 spiro atoms. The first kappa shape index (κ1) is 14.0. The molecule has 0 fully saturated rings. The van der Waals surface area contributed by atoms with Crippen LogP contribution in [0.3, 0.4) is 0 Å². The Balaban J connectivity index is 2.64. The largest absolute Gasteiger partial charge is 0.462 e. The summed E-state index contributed by atoms with van der Waals surface area (Å²) < 4.78 is 34.1. The summed E-state index contributed by atoms with van der Waals surface area (Å²) in [6.07, 6.45) is 1.44. The van der Waals surface area contributed by atoms with Crippen LogP contribution < -0.4 is 10.5 Å². The van der Waals surface area contributed by atoms with Gasteiger partial charge in [-0.2, -0.15) is 8.78 Å². The highest BCUT2D eigenvalue weighted by atomic mass is 19.3.